The van der Waals surface area contributed by atoms with Crippen molar-refractivity contribution >= 4 is 23.2 Å². The van der Waals surface area contributed by atoms with E-state index in [4.69, 9.17) is 0 Å². The standard InChI is InChI=1S/C20H22N2O/c1-4-21-19-8-6-5-7-17(19)18(20(21)23)12-15-11-13(2)22(14(15)3)16-9-10-16/h5-8,11-12,16H,4,9-10H2,1-3H3/b18-12+. The molecular formula is C20H22N2O. The molecule has 0 N–H and O–H groups in total. The highest BCUT2D eigenvalue weighted by Crippen LogP contribution is 2.41. The molecule has 1 amide bonds. The summed E-state index contributed by atoms with van der Waals surface area (Å²) >= 11 is 0. The summed E-state index contributed by atoms with van der Waals surface area (Å²) in [4.78, 5) is 14.7. The van der Waals surface area contributed by atoms with Crippen LogP contribution in [-0.4, -0.2) is 17.0 Å². The number of likely N-dealkylation sites (N-methyl/N-ethyl adjacent to an activating group) is 1. The largest absolute Gasteiger partial charge is 0.346 e. The highest BCUT2D eigenvalue weighted by molar-refractivity contribution is 6.35. The molecule has 3 heteroatoms. The Balaban J connectivity index is 1.83. The topological polar surface area (TPSA) is 25.2 Å². The van der Waals surface area contributed by atoms with Gasteiger partial charge in [0, 0.05) is 35.1 Å². The molecule has 3 nitrogen and oxygen atoms in total. The van der Waals surface area contributed by atoms with E-state index in [9.17, 15) is 4.79 Å². The van der Waals surface area contributed by atoms with Crippen molar-refractivity contribution in [2.24, 2.45) is 0 Å². The number of hydrogen-bond acceptors (Lipinski definition) is 1. The Hall–Kier alpha value is -2.29. The summed E-state index contributed by atoms with van der Waals surface area (Å²) in [5.41, 5.74) is 6.64. The molecule has 1 fully saturated rings. The van der Waals surface area contributed by atoms with Crippen LogP contribution in [0.4, 0.5) is 5.69 Å². The molecule has 4 rings (SSSR count). The molecule has 0 unspecified atom stereocenters. The summed E-state index contributed by atoms with van der Waals surface area (Å²) in [5, 5.41) is 0. The highest BCUT2D eigenvalue weighted by Gasteiger charge is 2.32. The number of aryl methyl sites for hydroxylation is 1. The zero-order valence-electron chi connectivity index (χ0n) is 14.0. The van der Waals surface area contributed by atoms with Gasteiger partial charge in [-0.05, 0) is 57.4 Å². The average Bonchev–Trinajstić information content (AvgIpc) is 3.28. The first-order valence-electron chi connectivity index (χ1n) is 8.43. The fraction of sp³-hybridized carbons (Fsp3) is 0.350. The molecule has 1 aliphatic heterocycles. The molecule has 2 heterocycles. The molecule has 1 aromatic heterocycles. The Morgan fingerprint density at radius 1 is 1.22 bits per heavy atom. The molecule has 0 atom stereocenters. The fourth-order valence-corrected chi connectivity index (χ4v) is 3.76. The molecular weight excluding hydrogens is 284 g/mol. The second-order valence-corrected chi connectivity index (χ2v) is 6.55. The third-order valence-corrected chi connectivity index (χ3v) is 5.01. The van der Waals surface area contributed by atoms with E-state index >= 15 is 0 Å². The van der Waals surface area contributed by atoms with Crippen LogP contribution in [-0.2, 0) is 4.79 Å². The van der Waals surface area contributed by atoms with Crippen molar-refractivity contribution in [2.75, 3.05) is 11.4 Å². The molecule has 0 spiro atoms. The summed E-state index contributed by atoms with van der Waals surface area (Å²) in [7, 11) is 0. The van der Waals surface area contributed by atoms with Crippen LogP contribution in [0.5, 0.6) is 0 Å². The van der Waals surface area contributed by atoms with Gasteiger partial charge in [0.2, 0.25) is 0 Å². The third kappa shape index (κ3) is 2.14. The first-order valence-corrected chi connectivity index (χ1v) is 8.43. The molecule has 0 saturated heterocycles. The van der Waals surface area contributed by atoms with Gasteiger partial charge < -0.3 is 9.47 Å². The predicted molar refractivity (Wildman–Crippen MR) is 94.5 cm³/mol. The van der Waals surface area contributed by atoms with Crippen LogP contribution >= 0.6 is 0 Å². The monoisotopic (exact) mass is 306 g/mol. The zero-order valence-corrected chi connectivity index (χ0v) is 14.0. The molecule has 0 bridgehead atoms. The van der Waals surface area contributed by atoms with Gasteiger partial charge in [-0.3, -0.25) is 4.79 Å². The molecule has 1 aromatic carbocycles. The normalized spacial score (nSPS) is 18.8. The quantitative estimate of drug-likeness (QED) is 0.774. The van der Waals surface area contributed by atoms with Crippen LogP contribution < -0.4 is 4.90 Å². The second kappa shape index (κ2) is 5.12. The van der Waals surface area contributed by atoms with E-state index in [0.29, 0.717) is 12.6 Å². The maximum Gasteiger partial charge on any atom is 0.258 e. The number of para-hydroxylation sites is 1. The van der Waals surface area contributed by atoms with Crippen LogP contribution in [0, 0.1) is 13.8 Å². The number of rotatable bonds is 3. The molecule has 23 heavy (non-hydrogen) atoms. The smallest absolute Gasteiger partial charge is 0.258 e. The van der Waals surface area contributed by atoms with Crippen LogP contribution in [0.2, 0.25) is 0 Å². The van der Waals surface area contributed by atoms with Crippen molar-refractivity contribution < 1.29 is 4.79 Å². The maximum absolute atomic E-state index is 12.8. The lowest BCUT2D eigenvalue weighted by molar-refractivity contribution is -0.112. The van der Waals surface area contributed by atoms with Crippen molar-refractivity contribution in [2.45, 2.75) is 39.7 Å². The number of carbonyl (C=O) groups is 1. The number of benzene rings is 1. The zero-order chi connectivity index (χ0) is 16.1. The third-order valence-electron chi connectivity index (χ3n) is 5.01. The predicted octanol–water partition coefficient (Wildman–Crippen LogP) is 4.35. The van der Waals surface area contributed by atoms with Gasteiger partial charge in [0.25, 0.3) is 5.91 Å². The van der Waals surface area contributed by atoms with Gasteiger partial charge in [-0.2, -0.15) is 0 Å². The van der Waals surface area contributed by atoms with Gasteiger partial charge in [0.1, 0.15) is 0 Å². The van der Waals surface area contributed by atoms with Crippen molar-refractivity contribution in [3.05, 3.63) is 52.8 Å². The lowest BCUT2D eigenvalue weighted by Gasteiger charge is -2.13. The minimum Gasteiger partial charge on any atom is -0.346 e. The summed E-state index contributed by atoms with van der Waals surface area (Å²) < 4.78 is 2.43. The minimum atomic E-state index is 0.116. The SMILES string of the molecule is CCN1C(=O)/C(=C/c2cc(C)n(C3CC3)c2C)c2ccccc21. The van der Waals surface area contributed by atoms with Crippen molar-refractivity contribution in [1.82, 2.24) is 4.57 Å². The second-order valence-electron chi connectivity index (χ2n) is 6.55. The van der Waals surface area contributed by atoms with E-state index in [1.807, 2.05) is 30.0 Å². The molecule has 1 aliphatic carbocycles. The number of carbonyl (C=O) groups excluding carboxylic acids is 1. The van der Waals surface area contributed by atoms with E-state index in [2.05, 4.69) is 36.6 Å². The van der Waals surface area contributed by atoms with E-state index in [1.165, 1.54) is 29.8 Å². The first-order chi connectivity index (χ1) is 11.1. The van der Waals surface area contributed by atoms with Gasteiger partial charge in [0.05, 0.1) is 5.69 Å². The van der Waals surface area contributed by atoms with Gasteiger partial charge >= 0.3 is 0 Å². The summed E-state index contributed by atoms with van der Waals surface area (Å²) in [6.07, 6.45) is 4.63. The number of anilines is 1. The first kappa shape index (κ1) is 14.3. The average molecular weight is 306 g/mol. The van der Waals surface area contributed by atoms with Crippen LogP contribution in [0.1, 0.15) is 48.3 Å². The van der Waals surface area contributed by atoms with E-state index in [-0.39, 0.29) is 5.91 Å². The van der Waals surface area contributed by atoms with Gasteiger partial charge in [-0.1, -0.05) is 18.2 Å². The van der Waals surface area contributed by atoms with Gasteiger partial charge in [0.15, 0.2) is 0 Å². The molecule has 2 aromatic rings. The lowest BCUT2D eigenvalue weighted by Crippen LogP contribution is -2.25. The van der Waals surface area contributed by atoms with Crippen molar-refractivity contribution in [3.8, 4) is 0 Å². The maximum atomic E-state index is 12.8. The van der Waals surface area contributed by atoms with Crippen molar-refractivity contribution in [1.29, 1.82) is 0 Å². The van der Waals surface area contributed by atoms with Crippen LogP contribution in [0.25, 0.3) is 11.6 Å². The minimum absolute atomic E-state index is 0.116. The molecule has 118 valence electrons. The lowest BCUT2D eigenvalue weighted by atomic mass is 10.0. The van der Waals surface area contributed by atoms with E-state index < -0.39 is 0 Å². The van der Waals surface area contributed by atoms with Crippen LogP contribution in [0.3, 0.4) is 0 Å². The number of amides is 1. The Morgan fingerprint density at radius 2 is 1.96 bits per heavy atom. The Bertz CT molecular complexity index is 824. The Kier molecular flexibility index (Phi) is 3.19. The summed E-state index contributed by atoms with van der Waals surface area (Å²) in [5.74, 6) is 0.116. The fourth-order valence-electron chi connectivity index (χ4n) is 3.76. The van der Waals surface area contributed by atoms with Gasteiger partial charge in [-0.15, -0.1) is 0 Å². The molecule has 0 radical (unpaired) electrons. The van der Waals surface area contributed by atoms with E-state index in [1.54, 1.807) is 0 Å². The van der Waals surface area contributed by atoms with Crippen LogP contribution in [0.15, 0.2) is 30.3 Å². The Labute approximate surface area is 137 Å². The van der Waals surface area contributed by atoms with Gasteiger partial charge in [-0.25, -0.2) is 0 Å². The molecule has 1 saturated carbocycles. The number of hydrogen-bond donors (Lipinski definition) is 0. The summed E-state index contributed by atoms with van der Waals surface area (Å²) in [6.45, 7) is 7.06. The Morgan fingerprint density at radius 3 is 2.65 bits per heavy atom. The van der Waals surface area contributed by atoms with E-state index in [0.717, 1.165) is 16.8 Å². The van der Waals surface area contributed by atoms with Crippen molar-refractivity contribution in [3.63, 3.8) is 0 Å². The summed E-state index contributed by atoms with van der Waals surface area (Å²) in [6, 6.07) is 11.0. The number of nitrogens with zero attached hydrogens (tertiary/aromatic N) is 2. The number of aromatic nitrogens is 1. The molecule has 2 aliphatic rings. The highest BCUT2D eigenvalue weighted by atomic mass is 16.2. The number of fused-ring (bicyclic) bond motifs is 1.